The van der Waals surface area contributed by atoms with Gasteiger partial charge in [0.25, 0.3) is 10.0 Å². The SMILES string of the molecule is O=C(O)c1cc(C=NS(=O)(=O)c2ccc(O[O-])cc2)cc(C(=O)O)c1. The number of benzene rings is 2. The van der Waals surface area contributed by atoms with Crippen LogP contribution in [0.25, 0.3) is 0 Å². The van der Waals surface area contributed by atoms with Crippen LogP contribution in [0.3, 0.4) is 0 Å². The maximum atomic E-state index is 12.1. The molecule has 0 bridgehead atoms. The van der Waals surface area contributed by atoms with Crippen LogP contribution in [0.1, 0.15) is 26.3 Å². The molecule has 0 fully saturated rings. The summed E-state index contributed by atoms with van der Waals surface area (Å²) in [6.07, 6.45) is 0.840. The van der Waals surface area contributed by atoms with Crippen molar-refractivity contribution in [1.29, 1.82) is 0 Å². The third-order valence-corrected chi connectivity index (χ3v) is 4.26. The Morgan fingerprint density at radius 2 is 1.52 bits per heavy atom. The Bertz CT molecular complexity index is 916. The lowest BCUT2D eigenvalue weighted by atomic mass is 10.1. The molecule has 0 saturated carbocycles. The van der Waals surface area contributed by atoms with Gasteiger partial charge in [0.05, 0.1) is 16.0 Å². The van der Waals surface area contributed by atoms with E-state index in [9.17, 15) is 23.3 Å². The molecule has 25 heavy (non-hydrogen) atoms. The fraction of sp³-hybridized carbons (Fsp3) is 0. The number of carboxylic acid groups (broad SMARTS) is 2. The summed E-state index contributed by atoms with van der Waals surface area (Å²) in [5.41, 5.74) is -0.660. The monoisotopic (exact) mass is 364 g/mol. The summed E-state index contributed by atoms with van der Waals surface area (Å²) < 4.78 is 27.6. The molecule has 0 spiro atoms. The first-order chi connectivity index (χ1) is 11.7. The van der Waals surface area contributed by atoms with E-state index in [2.05, 4.69) is 9.29 Å². The summed E-state index contributed by atoms with van der Waals surface area (Å²) in [6, 6.07) is 7.61. The van der Waals surface area contributed by atoms with Gasteiger partial charge in [0.15, 0.2) is 0 Å². The smallest absolute Gasteiger partial charge is 0.335 e. The second-order valence-electron chi connectivity index (χ2n) is 4.72. The van der Waals surface area contributed by atoms with Crippen LogP contribution >= 0.6 is 0 Å². The van der Waals surface area contributed by atoms with Gasteiger partial charge in [-0.05, 0) is 48.0 Å². The normalized spacial score (nSPS) is 11.4. The highest BCUT2D eigenvalue weighted by Gasteiger charge is 2.13. The molecule has 130 valence electrons. The van der Waals surface area contributed by atoms with Gasteiger partial charge < -0.3 is 20.4 Å². The predicted molar refractivity (Wildman–Crippen MR) is 82.2 cm³/mol. The van der Waals surface area contributed by atoms with E-state index < -0.39 is 22.0 Å². The first-order valence-corrected chi connectivity index (χ1v) is 7.99. The molecule has 2 N–H and O–H groups in total. The average molecular weight is 364 g/mol. The zero-order chi connectivity index (χ0) is 18.6. The first kappa shape index (κ1) is 18.1. The van der Waals surface area contributed by atoms with Gasteiger partial charge in [-0.2, -0.15) is 12.8 Å². The fourth-order valence-corrected chi connectivity index (χ4v) is 2.69. The summed E-state index contributed by atoms with van der Waals surface area (Å²) in [4.78, 5) is 25.5. The number of carboxylic acids is 2. The number of sulfonamides is 1. The quantitative estimate of drug-likeness (QED) is 0.428. The van der Waals surface area contributed by atoms with Gasteiger partial charge >= 0.3 is 11.9 Å². The molecule has 0 aliphatic heterocycles. The Morgan fingerprint density at radius 1 is 1.00 bits per heavy atom. The fourth-order valence-electron chi connectivity index (χ4n) is 1.83. The molecule has 9 nitrogen and oxygen atoms in total. The van der Waals surface area contributed by atoms with Gasteiger partial charge in [0, 0.05) is 6.21 Å². The maximum Gasteiger partial charge on any atom is 0.335 e. The van der Waals surface area contributed by atoms with E-state index in [1.165, 1.54) is 0 Å². The molecule has 0 unspecified atom stereocenters. The van der Waals surface area contributed by atoms with Gasteiger partial charge in [0.1, 0.15) is 5.75 Å². The van der Waals surface area contributed by atoms with Gasteiger partial charge in [-0.1, -0.05) is 0 Å². The molecule has 0 saturated heterocycles. The van der Waals surface area contributed by atoms with Crippen molar-refractivity contribution in [3.05, 3.63) is 59.2 Å². The zero-order valence-electron chi connectivity index (χ0n) is 12.3. The number of carbonyl (C=O) groups is 2. The molecule has 0 aromatic heterocycles. The molecule has 2 aromatic carbocycles. The molecule has 0 aliphatic rings. The minimum absolute atomic E-state index is 0.0135. The molecule has 10 heteroatoms. The van der Waals surface area contributed by atoms with Crippen LogP contribution in [0, 0.1) is 0 Å². The van der Waals surface area contributed by atoms with Crippen molar-refractivity contribution in [3.63, 3.8) is 0 Å². The third kappa shape index (κ3) is 4.40. The van der Waals surface area contributed by atoms with E-state index in [4.69, 9.17) is 10.2 Å². The lowest BCUT2D eigenvalue weighted by molar-refractivity contribution is -0.635. The molecular formula is C15H10NO8S-. The van der Waals surface area contributed by atoms with Crippen LogP contribution in [0.2, 0.25) is 0 Å². The molecule has 0 amide bonds. The maximum absolute atomic E-state index is 12.1. The van der Waals surface area contributed by atoms with E-state index in [1.54, 1.807) is 0 Å². The molecule has 0 radical (unpaired) electrons. The molecular weight excluding hydrogens is 354 g/mol. The summed E-state index contributed by atoms with van der Waals surface area (Å²) >= 11 is 0. The number of hydrogen-bond acceptors (Lipinski definition) is 6. The second kappa shape index (κ2) is 7.11. The molecule has 0 heterocycles. The average Bonchev–Trinajstić information content (AvgIpc) is 2.59. The molecule has 2 rings (SSSR count). The van der Waals surface area contributed by atoms with Gasteiger partial charge in [-0.15, -0.1) is 0 Å². The van der Waals surface area contributed by atoms with Crippen LogP contribution < -0.4 is 10.1 Å². The first-order valence-electron chi connectivity index (χ1n) is 6.55. The Hall–Kier alpha value is -3.24. The topological polar surface area (TPSA) is 153 Å². The Labute approximate surface area is 141 Å². The lowest BCUT2D eigenvalue weighted by Gasteiger charge is -2.07. The van der Waals surface area contributed by atoms with Crippen LogP contribution in [0.15, 0.2) is 51.8 Å². The minimum atomic E-state index is -4.13. The Morgan fingerprint density at radius 3 is 1.96 bits per heavy atom. The summed E-state index contributed by atoms with van der Waals surface area (Å²) in [5.74, 6) is -2.81. The summed E-state index contributed by atoms with van der Waals surface area (Å²) in [7, 11) is -4.13. The van der Waals surface area contributed by atoms with Crippen LogP contribution in [0.4, 0.5) is 0 Å². The lowest BCUT2D eigenvalue weighted by Crippen LogP contribution is -2.08. The van der Waals surface area contributed by atoms with Crippen molar-refractivity contribution in [2.24, 2.45) is 4.40 Å². The van der Waals surface area contributed by atoms with Crippen molar-refractivity contribution < 1.29 is 38.4 Å². The molecule has 0 aliphatic carbocycles. The van der Waals surface area contributed by atoms with E-state index in [0.29, 0.717) is 0 Å². The van der Waals surface area contributed by atoms with E-state index in [-0.39, 0.29) is 27.3 Å². The van der Waals surface area contributed by atoms with Crippen molar-refractivity contribution in [3.8, 4) is 5.75 Å². The standard InChI is InChI=1S/C15H11NO8S/c17-14(18)10-5-9(6-11(7-10)15(19)20)8-16-25(22,23)13-3-1-12(24-21)2-4-13/h1-8,21H,(H,17,18)(H,19,20)/p-1. The van der Waals surface area contributed by atoms with E-state index in [1.807, 2.05) is 0 Å². The number of rotatable bonds is 6. The largest absolute Gasteiger partial charge is 0.664 e. The molecule has 2 aromatic rings. The van der Waals surface area contributed by atoms with E-state index in [0.717, 1.165) is 48.7 Å². The number of nitrogens with zero attached hydrogens (tertiary/aromatic N) is 1. The second-order valence-corrected chi connectivity index (χ2v) is 6.35. The molecule has 0 atom stereocenters. The predicted octanol–water partition coefficient (Wildman–Crippen LogP) is 0.545. The zero-order valence-corrected chi connectivity index (χ0v) is 13.1. The van der Waals surface area contributed by atoms with Crippen molar-refractivity contribution in [1.82, 2.24) is 0 Å². The highest BCUT2D eigenvalue weighted by atomic mass is 32.2. The highest BCUT2D eigenvalue weighted by molar-refractivity contribution is 7.90. The van der Waals surface area contributed by atoms with Crippen molar-refractivity contribution in [2.75, 3.05) is 0 Å². The number of hydrogen-bond donors (Lipinski definition) is 2. The van der Waals surface area contributed by atoms with Gasteiger partial charge in [-0.25, -0.2) is 9.59 Å². The highest BCUT2D eigenvalue weighted by Crippen LogP contribution is 2.17. The van der Waals surface area contributed by atoms with Crippen LogP contribution in [-0.2, 0) is 10.0 Å². The van der Waals surface area contributed by atoms with Gasteiger partial charge in [-0.3, -0.25) is 0 Å². The van der Waals surface area contributed by atoms with Gasteiger partial charge in [0.2, 0.25) is 0 Å². The van der Waals surface area contributed by atoms with E-state index >= 15 is 0 Å². The summed E-state index contributed by atoms with van der Waals surface area (Å²) in [5, 5.41) is 28.2. The van der Waals surface area contributed by atoms with Crippen LogP contribution in [0.5, 0.6) is 5.75 Å². The number of aromatic carboxylic acids is 2. The minimum Gasteiger partial charge on any atom is -0.664 e. The Balaban J connectivity index is 2.39. The Kier molecular flexibility index (Phi) is 5.15. The summed E-state index contributed by atoms with van der Waals surface area (Å²) in [6.45, 7) is 0. The van der Waals surface area contributed by atoms with Crippen LogP contribution in [-0.4, -0.2) is 36.8 Å². The third-order valence-electron chi connectivity index (χ3n) is 3.01. The van der Waals surface area contributed by atoms with Crippen molar-refractivity contribution in [2.45, 2.75) is 4.90 Å². The van der Waals surface area contributed by atoms with Crippen molar-refractivity contribution >= 4 is 28.2 Å².